The molecule has 4 heteroatoms. The van der Waals surface area contributed by atoms with Gasteiger partial charge in [-0.15, -0.1) is 0 Å². The highest BCUT2D eigenvalue weighted by atomic mass is 32.2. The quantitative estimate of drug-likeness (QED) is 0.289. The summed E-state index contributed by atoms with van der Waals surface area (Å²) in [6, 6.07) is 16.5. The Morgan fingerprint density at radius 2 is 1.52 bits per heavy atom. The number of ether oxygens (including phenoxy) is 1. The van der Waals surface area contributed by atoms with E-state index < -0.39 is 0 Å². The molecule has 0 amide bonds. The van der Waals surface area contributed by atoms with E-state index in [2.05, 4.69) is 57.2 Å². The number of carbonyl (C=O) groups is 2. The summed E-state index contributed by atoms with van der Waals surface area (Å²) in [6.45, 7) is 6.37. The monoisotopic (exact) mass is 464 g/mol. The second-order valence-electron chi connectivity index (χ2n) is 9.25. The summed E-state index contributed by atoms with van der Waals surface area (Å²) in [5.74, 6) is 0.680. The number of aryl methyl sites for hydroxylation is 1. The van der Waals surface area contributed by atoms with Crippen molar-refractivity contribution in [2.45, 2.75) is 76.9 Å². The van der Waals surface area contributed by atoms with Crippen LogP contribution in [0.3, 0.4) is 0 Å². The maximum atomic E-state index is 12.6. The first-order valence-electron chi connectivity index (χ1n) is 12.2. The van der Waals surface area contributed by atoms with E-state index in [-0.39, 0.29) is 22.3 Å². The molecule has 33 heavy (non-hydrogen) atoms. The molecule has 0 fully saturated rings. The van der Waals surface area contributed by atoms with Crippen LogP contribution in [-0.4, -0.2) is 22.3 Å². The number of unbranched alkanes of at least 4 members (excludes halogenated alkanes) is 5. The van der Waals surface area contributed by atoms with Crippen LogP contribution in [0.15, 0.2) is 60.4 Å². The van der Waals surface area contributed by atoms with E-state index in [9.17, 15) is 9.59 Å². The number of rotatable bonds is 13. The van der Waals surface area contributed by atoms with Crippen LogP contribution in [0.5, 0.6) is 0 Å². The number of hydrogen-bond acceptors (Lipinski definition) is 4. The van der Waals surface area contributed by atoms with Crippen LogP contribution in [0.25, 0.3) is 11.1 Å². The molecule has 3 nitrogen and oxygen atoms in total. The van der Waals surface area contributed by atoms with Gasteiger partial charge in [0.15, 0.2) is 5.78 Å². The summed E-state index contributed by atoms with van der Waals surface area (Å²) < 4.78 is 5.54. The van der Waals surface area contributed by atoms with Crippen molar-refractivity contribution in [1.29, 1.82) is 0 Å². The Kier molecular flexibility index (Phi) is 9.37. The molecule has 3 rings (SSSR count). The molecule has 0 saturated heterocycles. The normalized spacial score (nSPS) is 17.8. The van der Waals surface area contributed by atoms with Crippen molar-refractivity contribution in [3.05, 3.63) is 71.5 Å². The van der Waals surface area contributed by atoms with Gasteiger partial charge < -0.3 is 4.74 Å². The fraction of sp³-hybridized carbons (Fsp3) is 0.448. The van der Waals surface area contributed by atoms with Gasteiger partial charge in [0.1, 0.15) is 12.4 Å². The zero-order valence-corrected chi connectivity index (χ0v) is 21.0. The Hall–Kier alpha value is -2.33. The fourth-order valence-corrected chi connectivity index (χ4v) is 5.25. The minimum atomic E-state index is -0.349. The van der Waals surface area contributed by atoms with Crippen LogP contribution in [0.2, 0.25) is 0 Å². The standard InChI is InChI=1S/C29H36O3S/c1-4-5-6-7-8-9-18-29(3)27(20-28(31)33-29)32-21-26(30)19-23-12-16-25(17-13-23)24-14-10-22(2)11-15-24/h10-17,20H,4-9,18-19,21H2,1-3H3. The summed E-state index contributed by atoms with van der Waals surface area (Å²) in [5.41, 5.74) is 4.52. The number of Topliss-reactive ketones (excluding diaryl/α,β-unsaturated/α-hetero) is 1. The fourth-order valence-electron chi connectivity index (χ4n) is 4.17. The lowest BCUT2D eigenvalue weighted by Gasteiger charge is -2.26. The molecule has 1 unspecified atom stereocenters. The second-order valence-corrected chi connectivity index (χ2v) is 10.8. The van der Waals surface area contributed by atoms with Crippen LogP contribution < -0.4 is 0 Å². The van der Waals surface area contributed by atoms with E-state index in [1.54, 1.807) is 6.08 Å². The molecular weight excluding hydrogens is 428 g/mol. The predicted octanol–water partition coefficient (Wildman–Crippen LogP) is 7.46. The first kappa shape index (κ1) is 25.3. The van der Waals surface area contributed by atoms with Gasteiger partial charge in [-0.1, -0.05) is 111 Å². The molecule has 1 heterocycles. The largest absolute Gasteiger partial charge is 0.489 e. The smallest absolute Gasteiger partial charge is 0.216 e. The Morgan fingerprint density at radius 1 is 0.909 bits per heavy atom. The number of carbonyl (C=O) groups excluding carboxylic acids is 2. The average molecular weight is 465 g/mol. The van der Waals surface area contributed by atoms with Gasteiger partial charge in [-0.3, -0.25) is 9.59 Å². The minimum absolute atomic E-state index is 0.00543. The van der Waals surface area contributed by atoms with Crippen LogP contribution in [0, 0.1) is 6.92 Å². The van der Waals surface area contributed by atoms with E-state index in [1.807, 2.05) is 12.1 Å². The van der Waals surface area contributed by atoms with Gasteiger partial charge in [-0.2, -0.15) is 0 Å². The summed E-state index contributed by atoms with van der Waals surface area (Å²) in [6.07, 6.45) is 10.1. The third-order valence-electron chi connectivity index (χ3n) is 6.23. The highest BCUT2D eigenvalue weighted by Crippen LogP contribution is 2.44. The number of hydrogen-bond donors (Lipinski definition) is 0. The summed E-state index contributed by atoms with van der Waals surface area (Å²) >= 11 is 1.33. The van der Waals surface area contributed by atoms with Gasteiger partial charge in [0.2, 0.25) is 5.12 Å². The predicted molar refractivity (Wildman–Crippen MR) is 138 cm³/mol. The molecule has 0 bridgehead atoms. The van der Waals surface area contributed by atoms with Crippen LogP contribution >= 0.6 is 11.8 Å². The van der Waals surface area contributed by atoms with Crippen molar-refractivity contribution in [3.63, 3.8) is 0 Å². The molecule has 2 aromatic carbocycles. The molecule has 0 saturated carbocycles. The number of benzene rings is 2. The lowest BCUT2D eigenvalue weighted by molar-refractivity contribution is -0.122. The number of thioether (sulfide) groups is 1. The van der Waals surface area contributed by atoms with Crippen LogP contribution in [-0.2, 0) is 20.7 Å². The molecule has 0 spiro atoms. The van der Waals surface area contributed by atoms with Crippen LogP contribution in [0.4, 0.5) is 0 Å². The number of ketones is 1. The molecule has 0 aromatic heterocycles. The maximum Gasteiger partial charge on any atom is 0.216 e. The van der Waals surface area contributed by atoms with Crippen molar-refractivity contribution in [2.24, 2.45) is 0 Å². The molecular formula is C29H36O3S. The van der Waals surface area contributed by atoms with Crippen molar-refractivity contribution >= 4 is 22.7 Å². The van der Waals surface area contributed by atoms with E-state index in [0.29, 0.717) is 12.2 Å². The first-order chi connectivity index (χ1) is 15.9. The Labute approximate surface area is 203 Å². The minimum Gasteiger partial charge on any atom is -0.489 e. The van der Waals surface area contributed by atoms with E-state index in [4.69, 9.17) is 4.74 Å². The van der Waals surface area contributed by atoms with E-state index in [0.717, 1.165) is 24.0 Å². The van der Waals surface area contributed by atoms with E-state index >= 15 is 0 Å². The zero-order chi connectivity index (χ0) is 23.7. The molecule has 1 atom stereocenters. The van der Waals surface area contributed by atoms with Crippen molar-refractivity contribution < 1.29 is 14.3 Å². The second kappa shape index (κ2) is 12.2. The van der Waals surface area contributed by atoms with Gasteiger partial charge in [0.25, 0.3) is 0 Å². The van der Waals surface area contributed by atoms with Crippen molar-refractivity contribution in [3.8, 4) is 11.1 Å². The third kappa shape index (κ3) is 7.60. The maximum absolute atomic E-state index is 12.6. The van der Waals surface area contributed by atoms with Gasteiger partial charge in [0, 0.05) is 12.5 Å². The Balaban J connectivity index is 1.48. The highest BCUT2D eigenvalue weighted by molar-refractivity contribution is 8.15. The molecule has 0 radical (unpaired) electrons. The average Bonchev–Trinajstić information content (AvgIpc) is 3.09. The molecule has 0 N–H and O–H groups in total. The van der Waals surface area contributed by atoms with Crippen molar-refractivity contribution in [2.75, 3.05) is 6.61 Å². The van der Waals surface area contributed by atoms with Crippen molar-refractivity contribution in [1.82, 2.24) is 0 Å². The van der Waals surface area contributed by atoms with E-state index in [1.165, 1.54) is 55.0 Å². The molecule has 1 aliphatic rings. The Morgan fingerprint density at radius 3 is 2.18 bits per heavy atom. The summed E-state index contributed by atoms with van der Waals surface area (Å²) in [7, 11) is 0. The molecule has 0 aliphatic carbocycles. The van der Waals surface area contributed by atoms with Crippen LogP contribution in [0.1, 0.15) is 69.9 Å². The summed E-state index contributed by atoms with van der Waals surface area (Å²) in [4.78, 5) is 24.6. The SMILES string of the molecule is CCCCCCCCC1(C)SC(=O)C=C1OCC(=O)Cc1ccc(-c2ccc(C)cc2)cc1. The molecule has 2 aromatic rings. The Bertz CT molecular complexity index is 959. The van der Waals surface area contributed by atoms with Gasteiger partial charge >= 0.3 is 0 Å². The summed E-state index contributed by atoms with van der Waals surface area (Å²) in [5, 5.41) is 0.0256. The topological polar surface area (TPSA) is 43.4 Å². The third-order valence-corrected chi connectivity index (χ3v) is 7.41. The first-order valence-corrected chi connectivity index (χ1v) is 13.0. The van der Waals surface area contributed by atoms with Gasteiger partial charge in [-0.05, 0) is 37.0 Å². The molecule has 1 aliphatic heterocycles. The molecule has 176 valence electrons. The lowest BCUT2D eigenvalue weighted by Crippen LogP contribution is -2.24. The lowest BCUT2D eigenvalue weighted by atomic mass is 9.99. The zero-order valence-electron chi connectivity index (χ0n) is 20.2. The highest BCUT2D eigenvalue weighted by Gasteiger charge is 2.39. The van der Waals surface area contributed by atoms with Gasteiger partial charge in [0.05, 0.1) is 4.75 Å². The van der Waals surface area contributed by atoms with Gasteiger partial charge in [-0.25, -0.2) is 0 Å².